The van der Waals surface area contributed by atoms with Gasteiger partial charge in [-0.05, 0) is 24.3 Å². The maximum atomic E-state index is 11.6. The van der Waals surface area contributed by atoms with E-state index in [-0.39, 0.29) is 11.6 Å². The van der Waals surface area contributed by atoms with E-state index in [9.17, 15) is 9.90 Å². The summed E-state index contributed by atoms with van der Waals surface area (Å²) in [5, 5.41) is 9.64. The molecule has 0 fully saturated rings. The Balaban J connectivity index is 2.11. The van der Waals surface area contributed by atoms with Crippen molar-refractivity contribution in [2.45, 2.75) is 0 Å². The van der Waals surface area contributed by atoms with Gasteiger partial charge in [0.1, 0.15) is 11.4 Å². The van der Waals surface area contributed by atoms with Crippen molar-refractivity contribution < 1.29 is 14.6 Å². The minimum Gasteiger partial charge on any atom is -0.506 e. The number of esters is 1. The Morgan fingerprint density at radius 3 is 2.39 bits per heavy atom. The highest BCUT2D eigenvalue weighted by atomic mass is 16.5. The Morgan fingerprint density at radius 2 is 1.61 bits per heavy atom. The summed E-state index contributed by atoms with van der Waals surface area (Å²) >= 11 is 0. The number of aliphatic imine (C=N–C) groups is 1. The lowest BCUT2D eigenvalue weighted by Crippen LogP contribution is -1.99. The predicted molar refractivity (Wildman–Crippen MR) is 66.2 cm³/mol. The number of benzene rings is 2. The van der Waals surface area contributed by atoms with Crippen molar-refractivity contribution in [2.75, 3.05) is 0 Å². The molecule has 0 amide bonds. The molecule has 1 heterocycles. The Morgan fingerprint density at radius 1 is 0.944 bits per heavy atom. The third-order valence-corrected chi connectivity index (χ3v) is 2.67. The van der Waals surface area contributed by atoms with Crippen LogP contribution in [0, 0.1) is 0 Å². The standard InChI is InChI=1S/C14H9NO3/c16-12-8-4-3-7-11(12)15-13-9-5-1-2-6-10(9)14(17)18-13/h1-8,16H. The highest BCUT2D eigenvalue weighted by molar-refractivity contribution is 6.17. The number of para-hydroxylation sites is 2. The van der Waals surface area contributed by atoms with Gasteiger partial charge in [-0.1, -0.05) is 24.3 Å². The SMILES string of the molecule is O=C1OC(=Nc2ccccc2O)c2ccccc21. The molecule has 0 aromatic heterocycles. The summed E-state index contributed by atoms with van der Waals surface area (Å²) in [6.07, 6.45) is 0. The van der Waals surface area contributed by atoms with Gasteiger partial charge in [-0.15, -0.1) is 0 Å². The highest BCUT2D eigenvalue weighted by Gasteiger charge is 2.27. The van der Waals surface area contributed by atoms with Gasteiger partial charge in [-0.2, -0.15) is 0 Å². The van der Waals surface area contributed by atoms with Crippen molar-refractivity contribution in [2.24, 2.45) is 4.99 Å². The quantitative estimate of drug-likeness (QED) is 0.778. The normalized spacial score (nSPS) is 15.6. The molecule has 18 heavy (non-hydrogen) atoms. The summed E-state index contributed by atoms with van der Waals surface area (Å²) in [4.78, 5) is 15.8. The van der Waals surface area contributed by atoms with Crippen LogP contribution in [0.15, 0.2) is 53.5 Å². The monoisotopic (exact) mass is 239 g/mol. The highest BCUT2D eigenvalue weighted by Crippen LogP contribution is 2.28. The van der Waals surface area contributed by atoms with Gasteiger partial charge in [0.15, 0.2) is 0 Å². The number of cyclic esters (lactones) is 1. The van der Waals surface area contributed by atoms with Crippen LogP contribution in [0.1, 0.15) is 15.9 Å². The fourth-order valence-electron chi connectivity index (χ4n) is 1.80. The predicted octanol–water partition coefficient (Wildman–Crippen LogP) is 2.64. The molecule has 0 atom stereocenters. The molecular formula is C14H9NO3. The van der Waals surface area contributed by atoms with Crippen LogP contribution in [0.3, 0.4) is 0 Å². The van der Waals surface area contributed by atoms with Crippen molar-refractivity contribution in [1.82, 2.24) is 0 Å². The molecule has 1 aliphatic heterocycles. The molecule has 2 aromatic carbocycles. The van der Waals surface area contributed by atoms with E-state index in [2.05, 4.69) is 4.99 Å². The minimum absolute atomic E-state index is 0.0467. The molecule has 0 radical (unpaired) electrons. The second kappa shape index (κ2) is 4.00. The molecular weight excluding hydrogens is 230 g/mol. The topological polar surface area (TPSA) is 58.9 Å². The number of hydrogen-bond acceptors (Lipinski definition) is 4. The first kappa shape index (κ1) is 10.5. The van der Waals surface area contributed by atoms with Gasteiger partial charge >= 0.3 is 5.97 Å². The van der Waals surface area contributed by atoms with Crippen LogP contribution in [0.4, 0.5) is 5.69 Å². The fourth-order valence-corrected chi connectivity index (χ4v) is 1.80. The van der Waals surface area contributed by atoms with Gasteiger partial charge in [0.25, 0.3) is 0 Å². The molecule has 0 aliphatic carbocycles. The zero-order valence-electron chi connectivity index (χ0n) is 9.33. The maximum Gasteiger partial charge on any atom is 0.345 e. The molecule has 0 bridgehead atoms. The number of phenolic OH excluding ortho intramolecular Hbond substituents is 1. The van der Waals surface area contributed by atoms with E-state index in [1.54, 1.807) is 42.5 Å². The van der Waals surface area contributed by atoms with Crippen LogP contribution in [-0.2, 0) is 4.74 Å². The molecule has 0 saturated heterocycles. The molecule has 4 heteroatoms. The van der Waals surface area contributed by atoms with Crippen LogP contribution >= 0.6 is 0 Å². The summed E-state index contributed by atoms with van der Waals surface area (Å²) in [7, 11) is 0. The Kier molecular flexibility index (Phi) is 2.34. The van der Waals surface area contributed by atoms with Crippen LogP contribution in [0.25, 0.3) is 0 Å². The summed E-state index contributed by atoms with van der Waals surface area (Å²) in [5.74, 6) is -0.151. The average molecular weight is 239 g/mol. The number of hydrogen-bond donors (Lipinski definition) is 1. The van der Waals surface area contributed by atoms with E-state index in [0.29, 0.717) is 16.8 Å². The van der Waals surface area contributed by atoms with Crippen LogP contribution in [-0.4, -0.2) is 17.0 Å². The fraction of sp³-hybridized carbons (Fsp3) is 0. The lowest BCUT2D eigenvalue weighted by molar-refractivity contribution is 0.0737. The summed E-state index contributed by atoms with van der Waals surface area (Å²) in [6.45, 7) is 0. The van der Waals surface area contributed by atoms with Gasteiger partial charge in [0, 0.05) is 0 Å². The van der Waals surface area contributed by atoms with E-state index in [0.717, 1.165) is 0 Å². The zero-order chi connectivity index (χ0) is 12.5. The smallest absolute Gasteiger partial charge is 0.345 e. The lowest BCUT2D eigenvalue weighted by Gasteiger charge is -2.00. The Bertz CT molecular complexity index is 662. The Labute approximate surface area is 103 Å². The number of aromatic hydroxyl groups is 1. The minimum atomic E-state index is -0.417. The van der Waals surface area contributed by atoms with Gasteiger partial charge in [-0.25, -0.2) is 9.79 Å². The first-order valence-electron chi connectivity index (χ1n) is 5.44. The third-order valence-electron chi connectivity index (χ3n) is 2.67. The average Bonchev–Trinajstić information content (AvgIpc) is 2.70. The maximum absolute atomic E-state index is 11.6. The largest absolute Gasteiger partial charge is 0.506 e. The van der Waals surface area contributed by atoms with E-state index < -0.39 is 5.97 Å². The van der Waals surface area contributed by atoms with Crippen molar-refractivity contribution in [3.63, 3.8) is 0 Å². The second-order valence-electron chi connectivity index (χ2n) is 3.84. The lowest BCUT2D eigenvalue weighted by atomic mass is 10.1. The molecule has 4 nitrogen and oxygen atoms in total. The molecule has 0 spiro atoms. The van der Waals surface area contributed by atoms with Gasteiger partial charge in [0.2, 0.25) is 5.90 Å². The number of phenols is 1. The van der Waals surface area contributed by atoms with E-state index in [1.807, 2.05) is 0 Å². The zero-order valence-corrected chi connectivity index (χ0v) is 9.33. The van der Waals surface area contributed by atoms with Gasteiger partial charge in [0.05, 0.1) is 11.1 Å². The van der Waals surface area contributed by atoms with E-state index >= 15 is 0 Å². The van der Waals surface area contributed by atoms with Gasteiger partial charge in [-0.3, -0.25) is 0 Å². The number of ether oxygens (including phenoxy) is 1. The molecule has 1 aliphatic rings. The Hall–Kier alpha value is -2.62. The molecule has 2 aromatic rings. The third kappa shape index (κ3) is 1.64. The van der Waals surface area contributed by atoms with E-state index in [1.165, 1.54) is 6.07 Å². The van der Waals surface area contributed by atoms with Crippen LogP contribution in [0.2, 0.25) is 0 Å². The first-order chi connectivity index (χ1) is 8.75. The molecule has 0 saturated carbocycles. The number of rotatable bonds is 1. The number of carbonyl (C=O) groups is 1. The van der Waals surface area contributed by atoms with Crippen molar-refractivity contribution in [3.8, 4) is 5.75 Å². The number of nitrogens with zero attached hydrogens (tertiary/aromatic N) is 1. The summed E-state index contributed by atoms with van der Waals surface area (Å²) < 4.78 is 5.09. The molecule has 3 rings (SSSR count). The van der Waals surface area contributed by atoms with Crippen LogP contribution in [0.5, 0.6) is 5.75 Å². The van der Waals surface area contributed by atoms with Crippen LogP contribution < -0.4 is 0 Å². The summed E-state index contributed by atoms with van der Waals surface area (Å²) in [6, 6.07) is 13.7. The van der Waals surface area contributed by atoms with Crippen molar-refractivity contribution in [3.05, 3.63) is 59.7 Å². The van der Waals surface area contributed by atoms with Gasteiger partial charge < -0.3 is 9.84 Å². The molecule has 88 valence electrons. The summed E-state index contributed by atoms with van der Waals surface area (Å²) in [5.41, 5.74) is 1.51. The van der Waals surface area contributed by atoms with Crippen molar-refractivity contribution >= 4 is 17.6 Å². The van der Waals surface area contributed by atoms with E-state index in [4.69, 9.17) is 4.74 Å². The number of fused-ring (bicyclic) bond motifs is 1. The first-order valence-corrected chi connectivity index (χ1v) is 5.44. The number of carbonyl (C=O) groups excluding carboxylic acids is 1. The molecule has 1 N–H and O–H groups in total. The van der Waals surface area contributed by atoms with Crippen molar-refractivity contribution in [1.29, 1.82) is 0 Å². The molecule has 0 unspecified atom stereocenters. The second-order valence-corrected chi connectivity index (χ2v) is 3.84.